The molecule has 0 spiro atoms. The summed E-state index contributed by atoms with van der Waals surface area (Å²) in [6.45, 7) is 2.39. The Hall–Kier alpha value is -1.36. The van der Waals surface area contributed by atoms with E-state index in [4.69, 9.17) is 11.6 Å². The number of rotatable bonds is 7. The maximum atomic E-state index is 12.3. The van der Waals surface area contributed by atoms with Gasteiger partial charge in [-0.15, -0.1) is 0 Å². The van der Waals surface area contributed by atoms with E-state index in [-0.39, 0.29) is 6.54 Å². The molecule has 1 N–H and O–H groups in total. The Morgan fingerprint density at radius 3 is 2.14 bits per heavy atom. The molecular weight excluding hydrogens is 318 g/mol. The van der Waals surface area contributed by atoms with Crippen LogP contribution >= 0.6 is 11.6 Å². The molecule has 22 heavy (non-hydrogen) atoms. The lowest BCUT2D eigenvalue weighted by Gasteiger charge is -2.08. The molecule has 2 aromatic carbocycles. The van der Waals surface area contributed by atoms with Crippen molar-refractivity contribution < 1.29 is 8.42 Å². The summed E-state index contributed by atoms with van der Waals surface area (Å²) in [6, 6.07) is 14.2. The van der Waals surface area contributed by atoms with Crippen molar-refractivity contribution in [1.82, 2.24) is 4.72 Å². The lowest BCUT2D eigenvalue weighted by atomic mass is 10.1. The average Bonchev–Trinajstić information content (AvgIpc) is 2.53. The van der Waals surface area contributed by atoms with Gasteiger partial charge >= 0.3 is 0 Å². The molecule has 0 amide bonds. The van der Waals surface area contributed by atoms with Gasteiger partial charge < -0.3 is 0 Å². The summed E-state index contributed by atoms with van der Waals surface area (Å²) in [5, 5.41) is 0.634. The van der Waals surface area contributed by atoms with E-state index in [1.54, 1.807) is 36.4 Å². The second kappa shape index (κ2) is 7.77. The van der Waals surface area contributed by atoms with Crippen LogP contribution in [0.3, 0.4) is 0 Å². The largest absolute Gasteiger partial charge is 0.240 e. The molecule has 0 aromatic heterocycles. The van der Waals surface area contributed by atoms with Crippen molar-refractivity contribution in [3.8, 4) is 0 Å². The SMILES string of the molecule is CCCCc1ccc(S(=O)(=O)NCc2ccc(Cl)cc2)cc1. The minimum absolute atomic E-state index is 0.247. The third-order valence-corrected chi connectivity index (χ3v) is 5.10. The van der Waals surface area contributed by atoms with Crippen LogP contribution in [0.1, 0.15) is 30.9 Å². The third kappa shape index (κ3) is 4.83. The highest BCUT2D eigenvalue weighted by molar-refractivity contribution is 7.89. The number of unbranched alkanes of at least 4 members (excludes halogenated alkanes) is 1. The fourth-order valence-corrected chi connectivity index (χ4v) is 3.22. The van der Waals surface area contributed by atoms with Crippen molar-refractivity contribution in [3.05, 3.63) is 64.7 Å². The molecule has 0 atom stereocenters. The molecule has 0 unspecified atom stereocenters. The Morgan fingerprint density at radius 2 is 1.55 bits per heavy atom. The van der Waals surface area contributed by atoms with E-state index in [0.29, 0.717) is 9.92 Å². The Morgan fingerprint density at radius 1 is 0.955 bits per heavy atom. The molecule has 0 fully saturated rings. The minimum atomic E-state index is -3.49. The number of nitrogens with one attached hydrogen (secondary N) is 1. The first-order valence-electron chi connectivity index (χ1n) is 7.34. The number of hydrogen-bond acceptors (Lipinski definition) is 2. The summed E-state index contributed by atoms with van der Waals surface area (Å²) in [5.41, 5.74) is 2.03. The van der Waals surface area contributed by atoms with E-state index < -0.39 is 10.0 Å². The predicted octanol–water partition coefficient (Wildman–Crippen LogP) is 4.16. The van der Waals surface area contributed by atoms with Gasteiger partial charge in [0.15, 0.2) is 0 Å². The fraction of sp³-hybridized carbons (Fsp3) is 0.294. The first kappa shape index (κ1) is 17.0. The van der Waals surface area contributed by atoms with Crippen molar-refractivity contribution in [2.24, 2.45) is 0 Å². The molecule has 0 heterocycles. The molecule has 5 heteroatoms. The van der Waals surface area contributed by atoms with Gasteiger partial charge in [0.25, 0.3) is 0 Å². The number of halogens is 1. The van der Waals surface area contributed by atoms with Gasteiger partial charge in [-0.25, -0.2) is 13.1 Å². The number of benzene rings is 2. The smallest absolute Gasteiger partial charge is 0.207 e. The highest BCUT2D eigenvalue weighted by Crippen LogP contribution is 2.14. The molecule has 0 saturated heterocycles. The summed E-state index contributed by atoms with van der Waals surface area (Å²) >= 11 is 5.81. The Labute approximate surface area is 137 Å². The lowest BCUT2D eigenvalue weighted by molar-refractivity contribution is 0.581. The van der Waals surface area contributed by atoms with E-state index in [1.807, 2.05) is 12.1 Å². The van der Waals surface area contributed by atoms with Crippen LogP contribution in [0.5, 0.6) is 0 Å². The topological polar surface area (TPSA) is 46.2 Å². The van der Waals surface area contributed by atoms with Gasteiger partial charge in [0.05, 0.1) is 4.90 Å². The maximum Gasteiger partial charge on any atom is 0.240 e. The second-order valence-corrected chi connectivity index (χ2v) is 7.40. The molecule has 118 valence electrons. The zero-order chi connectivity index (χ0) is 16.0. The van der Waals surface area contributed by atoms with Crippen LogP contribution in [-0.4, -0.2) is 8.42 Å². The van der Waals surface area contributed by atoms with Crippen LogP contribution in [0, 0.1) is 0 Å². The summed E-state index contributed by atoms with van der Waals surface area (Å²) in [6.07, 6.45) is 3.22. The number of hydrogen-bond donors (Lipinski definition) is 1. The van der Waals surface area contributed by atoms with Crippen molar-refractivity contribution in [1.29, 1.82) is 0 Å². The Balaban J connectivity index is 2.01. The Kier molecular flexibility index (Phi) is 6.00. The zero-order valence-electron chi connectivity index (χ0n) is 12.5. The molecule has 0 bridgehead atoms. The van der Waals surface area contributed by atoms with Crippen LogP contribution in [0.15, 0.2) is 53.4 Å². The fourth-order valence-electron chi connectivity index (χ4n) is 2.08. The third-order valence-electron chi connectivity index (χ3n) is 3.43. The molecular formula is C17H20ClNO2S. The summed E-state index contributed by atoms with van der Waals surface area (Å²) < 4.78 is 27.1. The van der Waals surface area contributed by atoms with Crippen LogP contribution < -0.4 is 4.72 Å². The molecule has 0 aliphatic carbocycles. The normalized spacial score (nSPS) is 11.5. The van der Waals surface area contributed by atoms with Crippen molar-refractivity contribution in [2.45, 2.75) is 37.6 Å². The highest BCUT2D eigenvalue weighted by atomic mass is 35.5. The summed E-state index contributed by atoms with van der Waals surface area (Å²) in [7, 11) is -3.49. The average molecular weight is 338 g/mol. The first-order valence-corrected chi connectivity index (χ1v) is 9.20. The van der Waals surface area contributed by atoms with Gasteiger partial charge in [0.2, 0.25) is 10.0 Å². The van der Waals surface area contributed by atoms with Crippen LogP contribution in [-0.2, 0) is 23.0 Å². The number of aryl methyl sites for hydroxylation is 1. The van der Waals surface area contributed by atoms with E-state index >= 15 is 0 Å². The Bertz CT molecular complexity index is 694. The second-order valence-electron chi connectivity index (χ2n) is 5.20. The van der Waals surface area contributed by atoms with Gasteiger partial charge in [-0.05, 0) is 48.2 Å². The minimum Gasteiger partial charge on any atom is -0.207 e. The van der Waals surface area contributed by atoms with Gasteiger partial charge in [0.1, 0.15) is 0 Å². The van der Waals surface area contributed by atoms with Crippen LogP contribution in [0.4, 0.5) is 0 Å². The number of sulfonamides is 1. The first-order chi connectivity index (χ1) is 10.5. The lowest BCUT2D eigenvalue weighted by Crippen LogP contribution is -2.23. The van der Waals surface area contributed by atoms with E-state index in [9.17, 15) is 8.42 Å². The molecule has 0 radical (unpaired) electrons. The van der Waals surface area contributed by atoms with Crippen molar-refractivity contribution >= 4 is 21.6 Å². The molecule has 3 nitrogen and oxygen atoms in total. The van der Waals surface area contributed by atoms with Gasteiger partial charge in [0, 0.05) is 11.6 Å². The molecule has 2 aromatic rings. The van der Waals surface area contributed by atoms with Crippen LogP contribution in [0.25, 0.3) is 0 Å². The predicted molar refractivity (Wildman–Crippen MR) is 90.5 cm³/mol. The monoisotopic (exact) mass is 337 g/mol. The van der Waals surface area contributed by atoms with Crippen LogP contribution in [0.2, 0.25) is 5.02 Å². The zero-order valence-corrected chi connectivity index (χ0v) is 14.1. The van der Waals surface area contributed by atoms with E-state index in [2.05, 4.69) is 11.6 Å². The standard InChI is InChI=1S/C17H20ClNO2S/c1-2-3-4-14-7-11-17(12-8-14)22(20,21)19-13-15-5-9-16(18)10-6-15/h5-12,19H,2-4,13H2,1H3. The quantitative estimate of drug-likeness (QED) is 0.824. The van der Waals surface area contributed by atoms with Crippen molar-refractivity contribution in [3.63, 3.8) is 0 Å². The maximum absolute atomic E-state index is 12.3. The molecule has 2 rings (SSSR count). The van der Waals surface area contributed by atoms with Gasteiger partial charge in [-0.2, -0.15) is 0 Å². The summed E-state index contributed by atoms with van der Waals surface area (Å²) in [4.78, 5) is 0.293. The highest BCUT2D eigenvalue weighted by Gasteiger charge is 2.13. The van der Waals surface area contributed by atoms with E-state index in [0.717, 1.165) is 24.8 Å². The van der Waals surface area contributed by atoms with Gasteiger partial charge in [-0.3, -0.25) is 0 Å². The summed E-state index contributed by atoms with van der Waals surface area (Å²) in [5.74, 6) is 0. The van der Waals surface area contributed by atoms with Gasteiger partial charge in [-0.1, -0.05) is 49.2 Å². The molecule has 0 saturated carbocycles. The van der Waals surface area contributed by atoms with E-state index in [1.165, 1.54) is 5.56 Å². The van der Waals surface area contributed by atoms with Crippen molar-refractivity contribution in [2.75, 3.05) is 0 Å². The molecule has 0 aliphatic rings. The molecule has 0 aliphatic heterocycles.